The van der Waals surface area contributed by atoms with Gasteiger partial charge in [-0.25, -0.2) is 0 Å². The summed E-state index contributed by atoms with van der Waals surface area (Å²) in [6.45, 7) is 1.77. The number of carbonyl (C=O) groups excluding carboxylic acids is 1. The predicted molar refractivity (Wildman–Crippen MR) is 61.6 cm³/mol. The minimum atomic E-state index is -0.841. The minimum Gasteiger partial charge on any atom is -0.432 e. The van der Waals surface area contributed by atoms with E-state index in [1.807, 2.05) is 0 Å². The summed E-state index contributed by atoms with van der Waals surface area (Å²) in [6.07, 6.45) is 0.420. The van der Waals surface area contributed by atoms with Crippen LogP contribution in [0.1, 0.15) is 12.5 Å². The van der Waals surface area contributed by atoms with Crippen molar-refractivity contribution in [2.24, 2.45) is 0 Å². The molecule has 0 fully saturated rings. The molecule has 0 aliphatic rings. The Morgan fingerprint density at radius 2 is 2.12 bits per heavy atom. The average Bonchev–Trinajstić information content (AvgIpc) is 2.29. The van der Waals surface area contributed by atoms with Gasteiger partial charge in [-0.2, -0.15) is 10.1 Å². The lowest BCUT2D eigenvalue weighted by molar-refractivity contribution is -0.428. The van der Waals surface area contributed by atoms with Gasteiger partial charge in [0.25, 0.3) is 0 Å². The summed E-state index contributed by atoms with van der Waals surface area (Å²) in [5, 5.41) is 12.8. The number of rotatable bonds is 4. The van der Waals surface area contributed by atoms with Gasteiger partial charge in [0.1, 0.15) is 0 Å². The van der Waals surface area contributed by atoms with Gasteiger partial charge in [0.2, 0.25) is 0 Å². The molecule has 1 aromatic rings. The highest BCUT2D eigenvalue weighted by Gasteiger charge is 2.15. The van der Waals surface area contributed by atoms with Crippen molar-refractivity contribution < 1.29 is 14.5 Å². The molecule has 1 N–H and O–H groups in total. The lowest BCUT2D eigenvalue weighted by atomic mass is 10.2. The summed E-state index contributed by atoms with van der Waals surface area (Å²) in [4.78, 5) is 21.1. The molecule has 1 aromatic carbocycles. The van der Waals surface area contributed by atoms with Crippen LogP contribution in [0.2, 0.25) is 0 Å². The molecule has 0 radical (unpaired) electrons. The Bertz CT molecular complexity index is 428. The second-order valence-electron chi connectivity index (χ2n) is 3.04. The topological polar surface area (TPSA) is 81.5 Å². The highest BCUT2D eigenvalue weighted by Crippen LogP contribution is 2.05. The summed E-state index contributed by atoms with van der Waals surface area (Å²) in [5.41, 5.74) is 0.621. The van der Waals surface area contributed by atoms with Gasteiger partial charge in [-0.1, -0.05) is 30.3 Å². The molecule has 0 bridgehead atoms. The molecule has 0 aliphatic heterocycles. The van der Waals surface area contributed by atoms with Crippen molar-refractivity contribution in [2.75, 3.05) is 6.61 Å². The fourth-order valence-electron chi connectivity index (χ4n) is 1.11. The molecule has 0 spiro atoms. The molecule has 0 saturated carbocycles. The molecule has 0 atom stereocenters. The smallest absolute Gasteiger partial charge is 0.432 e. The quantitative estimate of drug-likeness (QED) is 0.640. The Hall–Kier alpha value is -2.37. The van der Waals surface area contributed by atoms with Crippen LogP contribution in [0.25, 0.3) is 6.08 Å². The zero-order chi connectivity index (χ0) is 12.7. The lowest BCUT2D eigenvalue weighted by Crippen LogP contribution is -2.27. The molecule has 0 saturated heterocycles. The van der Waals surface area contributed by atoms with Crippen molar-refractivity contribution in [3.05, 3.63) is 51.8 Å². The maximum atomic E-state index is 11.1. The number of benzene rings is 1. The molecule has 6 nitrogen and oxygen atoms in total. The van der Waals surface area contributed by atoms with Crippen molar-refractivity contribution in [3.63, 3.8) is 0 Å². The van der Waals surface area contributed by atoms with E-state index in [1.165, 1.54) is 6.08 Å². The summed E-state index contributed by atoms with van der Waals surface area (Å²) >= 11 is 0. The van der Waals surface area contributed by atoms with Crippen LogP contribution >= 0.6 is 0 Å². The summed E-state index contributed by atoms with van der Waals surface area (Å²) in [7, 11) is 0. The second kappa shape index (κ2) is 6.26. The molecule has 0 unspecified atom stereocenters. The van der Waals surface area contributed by atoms with E-state index >= 15 is 0 Å². The van der Waals surface area contributed by atoms with Gasteiger partial charge in [-0.3, -0.25) is 0 Å². The number of hydrogen-bond acceptors (Lipinski definition) is 4. The minimum absolute atomic E-state index is 0.155. The number of carbonyl (C=O) groups is 1. The van der Waals surface area contributed by atoms with Gasteiger partial charge in [0.05, 0.1) is 6.61 Å². The van der Waals surface area contributed by atoms with Crippen LogP contribution in [0.15, 0.2) is 36.2 Å². The van der Waals surface area contributed by atoms with Gasteiger partial charge in [-0.05, 0) is 17.4 Å². The number of nitrogens with one attached hydrogen (secondary N) is 1. The molecule has 17 heavy (non-hydrogen) atoms. The van der Waals surface area contributed by atoms with E-state index in [0.717, 1.165) is 0 Å². The largest absolute Gasteiger partial charge is 0.504 e. The first-order chi connectivity index (χ1) is 8.13. The van der Waals surface area contributed by atoms with Crippen LogP contribution in [0.4, 0.5) is 4.79 Å². The molecule has 0 aromatic heterocycles. The van der Waals surface area contributed by atoms with Crippen molar-refractivity contribution in [3.8, 4) is 0 Å². The van der Waals surface area contributed by atoms with Crippen LogP contribution in [0.3, 0.4) is 0 Å². The van der Waals surface area contributed by atoms with E-state index < -0.39 is 16.8 Å². The normalized spacial score (nSPS) is 10.8. The Morgan fingerprint density at radius 3 is 2.65 bits per heavy atom. The van der Waals surface area contributed by atoms with Crippen LogP contribution < -0.4 is 5.32 Å². The summed E-state index contributed by atoms with van der Waals surface area (Å²) < 4.78 is 4.56. The first-order valence-electron chi connectivity index (χ1n) is 4.98. The number of nitro groups is 1. The predicted octanol–water partition coefficient (Wildman–Crippen LogP) is 2.01. The molecule has 0 heterocycles. The Kier molecular flexibility index (Phi) is 4.68. The first kappa shape index (κ1) is 12.7. The highest BCUT2D eigenvalue weighted by molar-refractivity contribution is 5.70. The van der Waals surface area contributed by atoms with E-state index in [9.17, 15) is 14.9 Å². The maximum absolute atomic E-state index is 11.1. The van der Waals surface area contributed by atoms with Gasteiger partial charge >= 0.3 is 11.9 Å². The Morgan fingerprint density at radius 1 is 1.47 bits per heavy atom. The zero-order valence-corrected chi connectivity index (χ0v) is 9.25. The van der Waals surface area contributed by atoms with Crippen LogP contribution in [-0.4, -0.2) is 17.6 Å². The van der Waals surface area contributed by atoms with Crippen molar-refractivity contribution in [1.29, 1.82) is 0 Å². The second-order valence-corrected chi connectivity index (χ2v) is 3.04. The standard InChI is InChI=1S/C11H12N2O4/c1-2-17-11(14)12-10(13(15)16)8-9-6-4-3-5-7-9/h3-8H,2H2,1H3,(H,12,14)/b10-8+. The van der Waals surface area contributed by atoms with Crippen molar-refractivity contribution in [1.82, 2.24) is 5.32 Å². The first-order valence-corrected chi connectivity index (χ1v) is 4.98. The van der Waals surface area contributed by atoms with Gasteiger partial charge < -0.3 is 14.9 Å². The lowest BCUT2D eigenvalue weighted by Gasteiger charge is -2.02. The molecule has 1 amide bonds. The molecule has 90 valence electrons. The third-order valence-corrected chi connectivity index (χ3v) is 1.81. The van der Waals surface area contributed by atoms with Gasteiger partial charge in [0.15, 0.2) is 0 Å². The van der Waals surface area contributed by atoms with Crippen LogP contribution in [-0.2, 0) is 4.74 Å². The number of hydrogen-bond donors (Lipinski definition) is 1. The van der Waals surface area contributed by atoms with Crippen LogP contribution in [0, 0.1) is 10.1 Å². The molecule has 1 rings (SSSR count). The van der Waals surface area contributed by atoms with E-state index in [0.29, 0.717) is 5.56 Å². The zero-order valence-electron chi connectivity index (χ0n) is 9.25. The SMILES string of the molecule is CCOC(=O)N/C(=C\c1ccccc1)[N+](=O)[O-]. The molecule has 6 heteroatoms. The van der Waals surface area contributed by atoms with Crippen molar-refractivity contribution >= 4 is 12.2 Å². The van der Waals surface area contributed by atoms with E-state index in [4.69, 9.17) is 0 Å². The van der Waals surface area contributed by atoms with E-state index in [2.05, 4.69) is 10.1 Å². The summed E-state index contributed by atoms with van der Waals surface area (Å²) in [6, 6.07) is 8.66. The fourth-order valence-corrected chi connectivity index (χ4v) is 1.11. The van der Waals surface area contributed by atoms with Crippen molar-refractivity contribution in [2.45, 2.75) is 6.92 Å². The van der Waals surface area contributed by atoms with E-state index in [1.54, 1.807) is 37.3 Å². The highest BCUT2D eigenvalue weighted by atomic mass is 16.6. The third-order valence-electron chi connectivity index (χ3n) is 1.81. The molecule has 0 aliphatic carbocycles. The number of alkyl carbamates (subject to hydrolysis) is 1. The summed E-state index contributed by atoms with van der Waals surface area (Å²) in [5.74, 6) is -0.422. The third kappa shape index (κ3) is 4.33. The fraction of sp³-hybridized carbons (Fsp3) is 0.182. The number of amides is 1. The maximum Gasteiger partial charge on any atom is 0.504 e. The van der Waals surface area contributed by atoms with Crippen LogP contribution in [0.5, 0.6) is 0 Å². The average molecular weight is 236 g/mol. The number of ether oxygens (including phenoxy) is 1. The van der Waals surface area contributed by atoms with Gasteiger partial charge in [0, 0.05) is 6.08 Å². The Labute approximate surface area is 98.0 Å². The van der Waals surface area contributed by atoms with E-state index in [-0.39, 0.29) is 6.61 Å². The number of nitrogens with zero attached hydrogens (tertiary/aromatic N) is 1. The molecular formula is C11H12N2O4. The Balaban J connectivity index is 2.83. The monoisotopic (exact) mass is 236 g/mol. The van der Waals surface area contributed by atoms with Gasteiger partial charge in [-0.15, -0.1) is 0 Å². The molecular weight excluding hydrogens is 224 g/mol.